The van der Waals surface area contributed by atoms with E-state index in [0.717, 1.165) is 11.6 Å². The normalized spacial score (nSPS) is 27.5. The molecule has 3 heterocycles. The molecule has 1 N–H and O–H groups in total. The van der Waals surface area contributed by atoms with Gasteiger partial charge in [-0.25, -0.2) is 13.9 Å². The topological polar surface area (TPSA) is 62.6 Å². The number of rotatable bonds is 5. The Bertz CT molecular complexity index is 1100. The van der Waals surface area contributed by atoms with Gasteiger partial charge in [-0.05, 0) is 57.5 Å². The lowest BCUT2D eigenvalue weighted by Crippen LogP contribution is -2.54. The monoisotopic (exact) mass is 495 g/mol. The van der Waals surface area contributed by atoms with E-state index in [1.165, 1.54) is 15.6 Å². The third-order valence-electron chi connectivity index (χ3n) is 7.79. The van der Waals surface area contributed by atoms with E-state index >= 15 is 0 Å². The second-order valence-electron chi connectivity index (χ2n) is 10.2. The molecular weight excluding hydrogens is 466 g/mol. The van der Waals surface area contributed by atoms with Gasteiger partial charge in [0.05, 0.1) is 31.8 Å². The number of urea groups is 1. The van der Waals surface area contributed by atoms with Crippen LogP contribution in [0.3, 0.4) is 0 Å². The van der Waals surface area contributed by atoms with Gasteiger partial charge in [0.25, 0.3) is 0 Å². The molecule has 1 aromatic heterocycles. The van der Waals surface area contributed by atoms with Gasteiger partial charge in [-0.2, -0.15) is 18.3 Å². The first-order valence-electron chi connectivity index (χ1n) is 11.8. The van der Waals surface area contributed by atoms with Crippen molar-refractivity contribution in [2.45, 2.75) is 49.5 Å². The summed E-state index contributed by atoms with van der Waals surface area (Å²) in [6.07, 6.45) is -2.04. The average Bonchev–Trinajstić information content (AvgIpc) is 3.32. The van der Waals surface area contributed by atoms with Gasteiger partial charge in [-0.1, -0.05) is 12.1 Å². The van der Waals surface area contributed by atoms with Crippen LogP contribution in [-0.2, 0) is 23.0 Å². The lowest BCUT2D eigenvalue weighted by Gasteiger charge is -2.48. The molecule has 11 heteroatoms. The van der Waals surface area contributed by atoms with Crippen LogP contribution >= 0.6 is 0 Å². The number of amides is 2. The van der Waals surface area contributed by atoms with E-state index in [1.54, 1.807) is 12.1 Å². The minimum Gasteiger partial charge on any atom is -0.381 e. The first-order chi connectivity index (χ1) is 16.5. The lowest BCUT2D eigenvalue weighted by atomic mass is 9.69. The van der Waals surface area contributed by atoms with Crippen molar-refractivity contribution in [1.29, 1.82) is 0 Å². The number of carbonyl (C=O) groups excluding carboxylic acids is 1. The van der Waals surface area contributed by atoms with Crippen molar-refractivity contribution in [2.24, 2.45) is 5.92 Å². The predicted octanol–water partition coefficient (Wildman–Crippen LogP) is 3.99. The summed E-state index contributed by atoms with van der Waals surface area (Å²) in [6.45, 7) is 1.43. The molecule has 2 amide bonds. The minimum atomic E-state index is -4.61. The Morgan fingerprint density at radius 3 is 2.46 bits per heavy atom. The number of benzene rings is 1. The molecule has 1 aromatic carbocycles. The first-order valence-corrected chi connectivity index (χ1v) is 11.8. The fourth-order valence-corrected chi connectivity index (χ4v) is 5.62. The van der Waals surface area contributed by atoms with Crippen molar-refractivity contribution in [3.05, 3.63) is 47.4 Å². The third kappa shape index (κ3) is 4.29. The van der Waals surface area contributed by atoms with Gasteiger partial charge in [-0.15, -0.1) is 0 Å². The molecule has 1 spiro atoms. The quantitative estimate of drug-likeness (QED) is 0.638. The van der Waals surface area contributed by atoms with Crippen molar-refractivity contribution in [3.8, 4) is 0 Å². The molecule has 1 saturated carbocycles. The van der Waals surface area contributed by atoms with E-state index in [4.69, 9.17) is 4.74 Å². The molecule has 0 unspecified atom stereocenters. The van der Waals surface area contributed by atoms with Crippen LogP contribution < -0.4 is 10.2 Å². The highest BCUT2D eigenvalue weighted by molar-refractivity contribution is 5.94. The van der Waals surface area contributed by atoms with Gasteiger partial charge in [-0.3, -0.25) is 9.80 Å². The van der Waals surface area contributed by atoms with E-state index in [1.807, 2.05) is 20.2 Å². The molecule has 0 atom stereocenters. The highest BCUT2D eigenvalue weighted by atomic mass is 19.4. The molecule has 3 aliphatic rings. The summed E-state index contributed by atoms with van der Waals surface area (Å²) in [4.78, 5) is 16.5. The van der Waals surface area contributed by atoms with E-state index in [-0.39, 0.29) is 36.2 Å². The molecule has 2 aliphatic heterocycles. The second-order valence-corrected chi connectivity index (χ2v) is 10.2. The Morgan fingerprint density at radius 2 is 1.89 bits per heavy atom. The molecule has 0 radical (unpaired) electrons. The van der Waals surface area contributed by atoms with Gasteiger partial charge in [0, 0.05) is 17.5 Å². The number of alkyl halides is 3. The van der Waals surface area contributed by atoms with E-state index in [9.17, 15) is 22.4 Å². The number of ether oxygens (including phenoxy) is 1. The number of aromatic nitrogens is 2. The Labute approximate surface area is 201 Å². The summed E-state index contributed by atoms with van der Waals surface area (Å²) in [6, 6.07) is 7.12. The predicted molar refractivity (Wildman–Crippen MR) is 120 cm³/mol. The number of hydrogen-bond acceptors (Lipinski definition) is 4. The maximum atomic E-state index is 14.0. The van der Waals surface area contributed by atoms with E-state index < -0.39 is 23.4 Å². The van der Waals surface area contributed by atoms with Crippen LogP contribution in [0.5, 0.6) is 0 Å². The molecule has 3 fully saturated rings. The largest absolute Gasteiger partial charge is 0.435 e. The number of hydrogen-bond donors (Lipinski definition) is 1. The van der Waals surface area contributed by atoms with Crippen LogP contribution in [-0.4, -0.2) is 60.1 Å². The van der Waals surface area contributed by atoms with Crippen LogP contribution in [0, 0.1) is 11.7 Å². The smallest absolute Gasteiger partial charge is 0.381 e. The average molecular weight is 496 g/mol. The second kappa shape index (κ2) is 8.48. The number of nitrogens with zero attached hydrogens (tertiary/aromatic N) is 4. The zero-order chi connectivity index (χ0) is 25.0. The Hall–Kier alpha value is -2.66. The summed E-state index contributed by atoms with van der Waals surface area (Å²) in [7, 11) is 3.92. The summed E-state index contributed by atoms with van der Waals surface area (Å²) >= 11 is 0. The zero-order valence-electron chi connectivity index (χ0n) is 19.7. The molecule has 5 rings (SSSR count). The summed E-state index contributed by atoms with van der Waals surface area (Å²) in [5, 5.41) is 6.84. The maximum Gasteiger partial charge on any atom is 0.435 e. The van der Waals surface area contributed by atoms with Crippen LogP contribution in [0.2, 0.25) is 0 Å². The Kier molecular flexibility index (Phi) is 5.83. The van der Waals surface area contributed by atoms with Crippen molar-refractivity contribution in [1.82, 2.24) is 20.0 Å². The molecular formula is C24H29F4N5O2. The highest BCUT2D eigenvalue weighted by Gasteiger charge is 2.51. The zero-order valence-corrected chi connectivity index (χ0v) is 19.7. The molecule has 2 saturated heterocycles. The number of nitrogens with one attached hydrogen (secondary N) is 1. The van der Waals surface area contributed by atoms with Gasteiger partial charge in [0.2, 0.25) is 0 Å². The lowest BCUT2D eigenvalue weighted by molar-refractivity contribution is -0.141. The summed E-state index contributed by atoms with van der Waals surface area (Å²) in [5.74, 6) is -0.0841. The van der Waals surface area contributed by atoms with Crippen LogP contribution in [0.1, 0.15) is 36.9 Å². The van der Waals surface area contributed by atoms with Crippen LogP contribution in [0.15, 0.2) is 30.3 Å². The molecule has 7 nitrogen and oxygen atoms in total. The van der Waals surface area contributed by atoms with Crippen molar-refractivity contribution in [2.75, 3.05) is 38.8 Å². The van der Waals surface area contributed by atoms with Crippen molar-refractivity contribution < 1.29 is 27.1 Å². The standard InChI is InChI=1S/C24H29F4N5O2/c1-31(2)23(17-4-3-5-18(25)10-17)8-6-22(7-9-23)15-32(21(34)29-22)20-11-19(24(26,27)28)30-33(20)12-16-13-35-14-16/h3-5,10-11,16H,6-9,12-15H2,1-2H3,(H,29,34)/t22-,23+. The Balaban J connectivity index is 1.39. The van der Waals surface area contributed by atoms with Crippen LogP contribution in [0.25, 0.3) is 0 Å². The SMILES string of the molecule is CN(C)[C@]1(c2cccc(F)c2)CC[C@]2(CC1)CN(c1cc(C(F)(F)F)nn1CC1COC1)C(=O)N2. The molecule has 35 heavy (non-hydrogen) atoms. The molecule has 0 bridgehead atoms. The summed E-state index contributed by atoms with van der Waals surface area (Å²) < 4.78 is 60.8. The van der Waals surface area contributed by atoms with Gasteiger partial charge >= 0.3 is 12.2 Å². The minimum absolute atomic E-state index is 0.0658. The highest BCUT2D eigenvalue weighted by Crippen LogP contribution is 2.46. The van der Waals surface area contributed by atoms with Crippen molar-refractivity contribution >= 4 is 11.8 Å². The third-order valence-corrected chi connectivity index (χ3v) is 7.79. The Morgan fingerprint density at radius 1 is 1.17 bits per heavy atom. The fraction of sp³-hybridized carbons (Fsp3) is 0.583. The number of carbonyl (C=O) groups is 1. The first kappa shape index (κ1) is 24.1. The molecule has 2 aromatic rings. The maximum absolute atomic E-state index is 14.0. The van der Waals surface area contributed by atoms with Gasteiger partial charge in [0.1, 0.15) is 11.6 Å². The van der Waals surface area contributed by atoms with Gasteiger partial charge < -0.3 is 10.1 Å². The van der Waals surface area contributed by atoms with Gasteiger partial charge in [0.15, 0.2) is 5.69 Å². The fourth-order valence-electron chi connectivity index (χ4n) is 5.62. The van der Waals surface area contributed by atoms with E-state index in [0.29, 0.717) is 38.9 Å². The number of halogens is 4. The summed E-state index contributed by atoms with van der Waals surface area (Å²) in [5.41, 5.74) is -1.09. The number of anilines is 1. The van der Waals surface area contributed by atoms with E-state index in [2.05, 4.69) is 15.3 Å². The molecule has 1 aliphatic carbocycles. The van der Waals surface area contributed by atoms with Crippen LogP contribution in [0.4, 0.5) is 28.2 Å². The molecule has 190 valence electrons. The van der Waals surface area contributed by atoms with Crippen molar-refractivity contribution in [3.63, 3.8) is 0 Å².